The molecule has 1 N–H and O–H groups in total. The molecule has 0 unspecified atom stereocenters. The molecule has 0 saturated heterocycles. The van der Waals surface area contributed by atoms with E-state index in [1.807, 2.05) is 31.2 Å². The summed E-state index contributed by atoms with van der Waals surface area (Å²) >= 11 is 0. The molecule has 140 valence electrons. The number of fused-ring (bicyclic) bond motifs is 1. The zero-order valence-corrected chi connectivity index (χ0v) is 15.3. The van der Waals surface area contributed by atoms with Gasteiger partial charge in [0, 0.05) is 17.5 Å². The van der Waals surface area contributed by atoms with Crippen molar-refractivity contribution < 1.29 is 23.1 Å². The predicted octanol–water partition coefficient (Wildman–Crippen LogP) is 4.05. The van der Waals surface area contributed by atoms with Crippen LogP contribution in [0.5, 0.6) is 0 Å². The first kappa shape index (κ1) is 18.6. The first-order valence-electron chi connectivity index (χ1n) is 8.58. The van der Waals surface area contributed by atoms with Gasteiger partial charge in [-0.05, 0) is 44.5 Å². The first-order chi connectivity index (χ1) is 12.8. The van der Waals surface area contributed by atoms with Crippen LogP contribution in [0.25, 0.3) is 11.0 Å². The second-order valence-corrected chi connectivity index (χ2v) is 6.45. The molecule has 27 heavy (non-hydrogen) atoms. The summed E-state index contributed by atoms with van der Waals surface area (Å²) in [5.74, 6) is -1.63. The Morgan fingerprint density at radius 2 is 1.85 bits per heavy atom. The van der Waals surface area contributed by atoms with Gasteiger partial charge in [-0.15, -0.1) is 0 Å². The van der Waals surface area contributed by atoms with Crippen molar-refractivity contribution in [3.05, 3.63) is 70.7 Å². The summed E-state index contributed by atoms with van der Waals surface area (Å²) in [6.45, 7) is 5.45. The Hall–Kier alpha value is -3.15. The van der Waals surface area contributed by atoms with E-state index >= 15 is 0 Å². The number of ether oxygens (including phenoxy) is 1. The number of amides is 1. The van der Waals surface area contributed by atoms with Crippen LogP contribution in [-0.4, -0.2) is 18.0 Å². The molecule has 0 fully saturated rings. The van der Waals surface area contributed by atoms with E-state index in [4.69, 9.17) is 9.15 Å². The number of aryl methyl sites for hydroxylation is 2. The number of benzene rings is 2. The molecule has 1 atom stereocenters. The van der Waals surface area contributed by atoms with Crippen molar-refractivity contribution in [3.8, 4) is 0 Å². The van der Waals surface area contributed by atoms with Crippen LogP contribution in [0.15, 0.2) is 46.9 Å². The fourth-order valence-electron chi connectivity index (χ4n) is 2.69. The number of rotatable bonds is 5. The normalized spacial score (nSPS) is 12.0. The molecule has 0 aliphatic carbocycles. The van der Waals surface area contributed by atoms with E-state index in [-0.39, 0.29) is 5.76 Å². The Kier molecular flexibility index (Phi) is 5.26. The summed E-state index contributed by atoms with van der Waals surface area (Å²) in [6, 6.07) is 11.7. The van der Waals surface area contributed by atoms with Gasteiger partial charge in [0.05, 0.1) is 0 Å². The fraction of sp³-hybridized carbons (Fsp3) is 0.238. The van der Waals surface area contributed by atoms with Crippen molar-refractivity contribution in [2.45, 2.75) is 33.4 Å². The molecule has 1 heterocycles. The van der Waals surface area contributed by atoms with Crippen LogP contribution in [0.4, 0.5) is 4.39 Å². The number of carbonyl (C=O) groups is 2. The Bertz CT molecular complexity index is 991. The zero-order chi connectivity index (χ0) is 19.6. The van der Waals surface area contributed by atoms with Crippen molar-refractivity contribution in [1.82, 2.24) is 5.32 Å². The average molecular weight is 369 g/mol. The largest absolute Gasteiger partial charge is 0.449 e. The maximum absolute atomic E-state index is 13.4. The van der Waals surface area contributed by atoms with Gasteiger partial charge in [-0.1, -0.05) is 29.8 Å². The number of hydrogen-bond donors (Lipinski definition) is 1. The van der Waals surface area contributed by atoms with Gasteiger partial charge in [0.25, 0.3) is 5.91 Å². The third-order valence-corrected chi connectivity index (χ3v) is 4.32. The number of hydrogen-bond acceptors (Lipinski definition) is 4. The van der Waals surface area contributed by atoms with Crippen molar-refractivity contribution in [3.63, 3.8) is 0 Å². The fourth-order valence-corrected chi connectivity index (χ4v) is 2.69. The average Bonchev–Trinajstić information content (AvgIpc) is 2.97. The van der Waals surface area contributed by atoms with Crippen molar-refractivity contribution in [1.29, 1.82) is 0 Å². The lowest BCUT2D eigenvalue weighted by molar-refractivity contribution is -0.129. The van der Waals surface area contributed by atoms with Gasteiger partial charge in [0.1, 0.15) is 11.4 Å². The van der Waals surface area contributed by atoms with E-state index in [2.05, 4.69) is 5.32 Å². The molecule has 3 rings (SSSR count). The van der Waals surface area contributed by atoms with Crippen molar-refractivity contribution in [2.24, 2.45) is 0 Å². The third kappa shape index (κ3) is 4.16. The van der Waals surface area contributed by atoms with Crippen LogP contribution < -0.4 is 5.32 Å². The number of esters is 1. The summed E-state index contributed by atoms with van der Waals surface area (Å²) < 4.78 is 24.1. The van der Waals surface area contributed by atoms with Crippen LogP contribution in [0.3, 0.4) is 0 Å². The van der Waals surface area contributed by atoms with Gasteiger partial charge in [0.15, 0.2) is 6.10 Å². The minimum absolute atomic E-state index is 0.0335. The van der Waals surface area contributed by atoms with Gasteiger partial charge < -0.3 is 14.5 Å². The highest BCUT2D eigenvalue weighted by molar-refractivity contribution is 5.97. The quantitative estimate of drug-likeness (QED) is 0.689. The van der Waals surface area contributed by atoms with Gasteiger partial charge in [-0.25, -0.2) is 9.18 Å². The van der Waals surface area contributed by atoms with Gasteiger partial charge in [-0.3, -0.25) is 4.79 Å². The molecule has 0 aliphatic rings. The minimum atomic E-state index is -0.993. The first-order valence-corrected chi connectivity index (χ1v) is 8.58. The lowest BCUT2D eigenvalue weighted by atomic mass is 10.1. The topological polar surface area (TPSA) is 68.5 Å². The number of halogens is 1. The van der Waals surface area contributed by atoms with E-state index in [0.717, 1.165) is 11.1 Å². The van der Waals surface area contributed by atoms with Gasteiger partial charge in [-0.2, -0.15) is 0 Å². The standard InChI is InChI=1S/C21H20FNO4/c1-12-4-6-15(7-5-12)11-23-20(24)14(3)26-21(25)19-13(2)17-10-16(22)8-9-18(17)27-19/h4-10,14H,11H2,1-3H3,(H,23,24)/t14-/m0/s1. The van der Waals surface area contributed by atoms with Crippen LogP contribution in [0.1, 0.15) is 34.2 Å². The molecule has 0 radical (unpaired) electrons. The molecule has 0 bridgehead atoms. The molecular formula is C21H20FNO4. The number of furan rings is 1. The summed E-state index contributed by atoms with van der Waals surface area (Å²) in [6.07, 6.45) is -0.993. The van der Waals surface area contributed by atoms with Crippen molar-refractivity contribution >= 4 is 22.8 Å². The predicted molar refractivity (Wildman–Crippen MR) is 98.8 cm³/mol. The number of nitrogens with one attached hydrogen (secondary N) is 1. The van der Waals surface area contributed by atoms with E-state index in [1.165, 1.54) is 25.1 Å². The van der Waals surface area contributed by atoms with E-state index in [0.29, 0.717) is 23.1 Å². The summed E-state index contributed by atoms with van der Waals surface area (Å²) in [4.78, 5) is 24.5. The van der Waals surface area contributed by atoms with E-state index < -0.39 is 23.8 Å². The highest BCUT2D eigenvalue weighted by Crippen LogP contribution is 2.26. The molecule has 1 aromatic heterocycles. The molecule has 0 saturated carbocycles. The second-order valence-electron chi connectivity index (χ2n) is 6.45. The maximum atomic E-state index is 13.4. The van der Waals surface area contributed by atoms with E-state index in [9.17, 15) is 14.0 Å². The highest BCUT2D eigenvalue weighted by Gasteiger charge is 2.24. The Labute approximate surface area is 156 Å². The highest BCUT2D eigenvalue weighted by atomic mass is 19.1. The van der Waals surface area contributed by atoms with Crippen LogP contribution >= 0.6 is 0 Å². The number of carbonyl (C=O) groups excluding carboxylic acids is 2. The minimum Gasteiger partial charge on any atom is -0.449 e. The molecule has 0 aliphatic heterocycles. The molecule has 5 nitrogen and oxygen atoms in total. The summed E-state index contributed by atoms with van der Waals surface area (Å²) in [5, 5.41) is 3.23. The van der Waals surface area contributed by atoms with Gasteiger partial charge in [0.2, 0.25) is 5.76 Å². The summed E-state index contributed by atoms with van der Waals surface area (Å²) in [5.41, 5.74) is 2.94. The van der Waals surface area contributed by atoms with Crippen LogP contribution in [0.2, 0.25) is 0 Å². The monoisotopic (exact) mass is 369 g/mol. The van der Waals surface area contributed by atoms with E-state index in [1.54, 1.807) is 6.92 Å². The zero-order valence-electron chi connectivity index (χ0n) is 15.3. The van der Waals surface area contributed by atoms with Crippen LogP contribution in [-0.2, 0) is 16.1 Å². The lowest BCUT2D eigenvalue weighted by Gasteiger charge is -2.13. The molecule has 0 spiro atoms. The molecule has 3 aromatic rings. The SMILES string of the molecule is Cc1ccc(CNC(=O)[C@H](C)OC(=O)c2oc3ccc(F)cc3c2C)cc1. The lowest BCUT2D eigenvalue weighted by Crippen LogP contribution is -2.35. The third-order valence-electron chi connectivity index (χ3n) is 4.32. The van der Waals surface area contributed by atoms with Crippen LogP contribution in [0, 0.1) is 19.7 Å². The Morgan fingerprint density at radius 1 is 1.15 bits per heavy atom. The summed E-state index contributed by atoms with van der Waals surface area (Å²) in [7, 11) is 0. The Balaban J connectivity index is 1.63. The molecule has 1 amide bonds. The molecule has 2 aromatic carbocycles. The van der Waals surface area contributed by atoms with Crippen molar-refractivity contribution in [2.75, 3.05) is 0 Å². The Morgan fingerprint density at radius 3 is 2.56 bits per heavy atom. The molecule has 6 heteroatoms. The second kappa shape index (κ2) is 7.61. The smallest absolute Gasteiger partial charge is 0.375 e. The maximum Gasteiger partial charge on any atom is 0.375 e. The molecular weight excluding hydrogens is 349 g/mol. The van der Waals surface area contributed by atoms with Gasteiger partial charge >= 0.3 is 5.97 Å².